The van der Waals surface area contributed by atoms with Crippen molar-refractivity contribution in [1.82, 2.24) is 15.2 Å². The number of pyridine rings is 1. The van der Waals surface area contributed by atoms with E-state index < -0.39 is 0 Å². The quantitative estimate of drug-likeness (QED) is 0.931. The third-order valence-corrected chi connectivity index (χ3v) is 4.66. The zero-order chi connectivity index (χ0) is 17.8. The van der Waals surface area contributed by atoms with Gasteiger partial charge in [-0.15, -0.1) is 0 Å². The number of aromatic nitrogens is 1. The second-order valence-electron chi connectivity index (χ2n) is 6.22. The fraction of sp³-hybridized carbons (Fsp3) is 0.368. The Morgan fingerprint density at radius 3 is 2.52 bits per heavy atom. The summed E-state index contributed by atoms with van der Waals surface area (Å²) < 4.78 is 18.9. The van der Waals surface area contributed by atoms with Gasteiger partial charge in [-0.05, 0) is 49.2 Å². The zero-order valence-corrected chi connectivity index (χ0v) is 14.4. The number of rotatable bonds is 3. The van der Waals surface area contributed by atoms with Gasteiger partial charge in [0.1, 0.15) is 5.82 Å². The highest BCUT2D eigenvalue weighted by atomic mass is 19.1. The molecule has 3 atom stereocenters. The lowest BCUT2D eigenvalue weighted by atomic mass is 9.99. The van der Waals surface area contributed by atoms with Gasteiger partial charge in [0.05, 0.1) is 24.8 Å². The highest BCUT2D eigenvalue weighted by molar-refractivity contribution is 5.76. The molecule has 5 nitrogen and oxygen atoms in total. The molecule has 2 amide bonds. The Morgan fingerprint density at radius 2 is 1.84 bits per heavy atom. The van der Waals surface area contributed by atoms with Crippen molar-refractivity contribution in [3.63, 3.8) is 0 Å². The van der Waals surface area contributed by atoms with Crippen LogP contribution in [0.3, 0.4) is 0 Å². The molecule has 132 valence electrons. The van der Waals surface area contributed by atoms with Crippen LogP contribution >= 0.6 is 0 Å². The molecule has 0 radical (unpaired) electrons. The van der Waals surface area contributed by atoms with Crippen LogP contribution in [0.25, 0.3) is 0 Å². The Labute approximate surface area is 146 Å². The second-order valence-corrected chi connectivity index (χ2v) is 6.22. The van der Waals surface area contributed by atoms with E-state index in [0.717, 1.165) is 11.1 Å². The Morgan fingerprint density at radius 1 is 1.20 bits per heavy atom. The maximum absolute atomic E-state index is 13.3. The van der Waals surface area contributed by atoms with Crippen LogP contribution in [0.2, 0.25) is 0 Å². The Kier molecular flexibility index (Phi) is 5.28. The summed E-state index contributed by atoms with van der Waals surface area (Å²) in [6.07, 6.45) is 3.35. The van der Waals surface area contributed by atoms with Gasteiger partial charge in [-0.25, -0.2) is 9.18 Å². The number of morpholine rings is 1. The lowest BCUT2D eigenvalue weighted by Gasteiger charge is -2.38. The van der Waals surface area contributed by atoms with Gasteiger partial charge in [0, 0.05) is 18.9 Å². The highest BCUT2D eigenvalue weighted by Crippen LogP contribution is 2.23. The van der Waals surface area contributed by atoms with Crippen LogP contribution < -0.4 is 5.32 Å². The van der Waals surface area contributed by atoms with Crippen molar-refractivity contribution >= 4 is 6.03 Å². The molecule has 1 saturated heterocycles. The van der Waals surface area contributed by atoms with Crippen molar-refractivity contribution in [1.29, 1.82) is 0 Å². The summed E-state index contributed by atoms with van der Waals surface area (Å²) in [5, 5.41) is 3.07. The number of ether oxygens (including phenoxy) is 1. The molecule has 0 unspecified atom stereocenters. The van der Waals surface area contributed by atoms with Crippen molar-refractivity contribution in [3.05, 3.63) is 65.7 Å². The number of hydrogen-bond donors (Lipinski definition) is 1. The van der Waals surface area contributed by atoms with E-state index >= 15 is 0 Å². The number of nitrogens with one attached hydrogen (secondary N) is 1. The molecule has 1 aromatic heterocycles. The molecular formula is C19H22FN3O2. The average Bonchev–Trinajstić information content (AvgIpc) is 2.63. The normalized spacial score (nSPS) is 21.6. The molecule has 25 heavy (non-hydrogen) atoms. The number of benzene rings is 1. The number of halogens is 1. The van der Waals surface area contributed by atoms with Gasteiger partial charge in [0.15, 0.2) is 0 Å². The number of hydrogen-bond acceptors (Lipinski definition) is 3. The predicted octanol–water partition coefficient (Wildman–Crippen LogP) is 3.13. The highest BCUT2D eigenvalue weighted by Gasteiger charge is 2.30. The Hall–Kier alpha value is -2.47. The summed E-state index contributed by atoms with van der Waals surface area (Å²) in [5.41, 5.74) is 1.71. The van der Waals surface area contributed by atoms with Gasteiger partial charge in [-0.1, -0.05) is 12.1 Å². The van der Waals surface area contributed by atoms with Crippen LogP contribution in [-0.4, -0.2) is 41.2 Å². The lowest BCUT2D eigenvalue weighted by molar-refractivity contribution is -0.0378. The lowest BCUT2D eigenvalue weighted by Crippen LogP contribution is -2.54. The number of carbonyl (C=O) groups excluding carboxylic acids is 1. The molecule has 1 aromatic carbocycles. The van der Waals surface area contributed by atoms with Crippen LogP contribution in [0.15, 0.2) is 48.8 Å². The van der Waals surface area contributed by atoms with Gasteiger partial charge in [0.25, 0.3) is 0 Å². The molecule has 0 spiro atoms. The first-order chi connectivity index (χ1) is 12.1. The van der Waals surface area contributed by atoms with E-state index in [1.165, 1.54) is 12.1 Å². The molecular weight excluding hydrogens is 321 g/mol. The molecule has 0 saturated carbocycles. The minimum absolute atomic E-state index is 0.00954. The monoisotopic (exact) mass is 343 g/mol. The first-order valence-corrected chi connectivity index (χ1v) is 8.40. The summed E-state index contributed by atoms with van der Waals surface area (Å²) in [6, 6.07) is 9.32. The summed E-state index contributed by atoms with van der Waals surface area (Å²) in [5.74, 6) is -0.306. The molecule has 0 aliphatic carbocycles. The third kappa shape index (κ3) is 3.96. The minimum Gasteiger partial charge on any atom is -0.375 e. The van der Waals surface area contributed by atoms with Crippen molar-refractivity contribution in [2.24, 2.45) is 0 Å². The average molecular weight is 343 g/mol. The van der Waals surface area contributed by atoms with E-state index in [0.29, 0.717) is 13.2 Å². The van der Waals surface area contributed by atoms with Gasteiger partial charge in [0.2, 0.25) is 0 Å². The molecule has 0 bridgehead atoms. The SMILES string of the molecule is C[C@@H]1OCCN(C(=O)N[C@@H](c2ccncc2)c2ccc(F)cc2)[C@@H]1C. The number of carbonyl (C=O) groups is 1. The fourth-order valence-corrected chi connectivity index (χ4v) is 3.00. The molecule has 1 N–H and O–H groups in total. The molecule has 1 fully saturated rings. The minimum atomic E-state index is -0.374. The first kappa shape index (κ1) is 17.4. The summed E-state index contributed by atoms with van der Waals surface area (Å²) in [6.45, 7) is 5.01. The molecule has 1 aliphatic heterocycles. The fourth-order valence-electron chi connectivity index (χ4n) is 3.00. The smallest absolute Gasteiger partial charge is 0.318 e. The van der Waals surface area contributed by atoms with Crippen molar-refractivity contribution in [2.45, 2.75) is 32.0 Å². The largest absolute Gasteiger partial charge is 0.375 e. The maximum atomic E-state index is 13.3. The van der Waals surface area contributed by atoms with E-state index in [4.69, 9.17) is 4.74 Å². The molecule has 2 heterocycles. The third-order valence-electron chi connectivity index (χ3n) is 4.66. The van der Waals surface area contributed by atoms with E-state index in [-0.39, 0.29) is 30.0 Å². The molecule has 6 heteroatoms. The van der Waals surface area contributed by atoms with Crippen LogP contribution in [-0.2, 0) is 4.74 Å². The zero-order valence-electron chi connectivity index (χ0n) is 14.4. The van der Waals surface area contributed by atoms with Gasteiger partial charge in [-0.2, -0.15) is 0 Å². The van der Waals surface area contributed by atoms with Gasteiger partial charge in [-0.3, -0.25) is 4.98 Å². The predicted molar refractivity (Wildman–Crippen MR) is 92.6 cm³/mol. The Balaban J connectivity index is 1.85. The topological polar surface area (TPSA) is 54.5 Å². The molecule has 3 rings (SSSR count). The van der Waals surface area contributed by atoms with Crippen LogP contribution in [0.5, 0.6) is 0 Å². The van der Waals surface area contributed by atoms with E-state index in [1.807, 2.05) is 26.0 Å². The van der Waals surface area contributed by atoms with Crippen molar-refractivity contribution in [3.8, 4) is 0 Å². The van der Waals surface area contributed by atoms with Gasteiger partial charge < -0.3 is 15.0 Å². The Bertz CT molecular complexity index is 708. The van der Waals surface area contributed by atoms with Gasteiger partial charge >= 0.3 is 6.03 Å². The number of urea groups is 1. The number of amides is 2. The molecule has 2 aromatic rings. The number of nitrogens with zero attached hydrogens (tertiary/aromatic N) is 2. The van der Waals surface area contributed by atoms with Crippen molar-refractivity contribution in [2.75, 3.05) is 13.2 Å². The maximum Gasteiger partial charge on any atom is 0.318 e. The van der Waals surface area contributed by atoms with Crippen LogP contribution in [0.1, 0.15) is 31.0 Å². The first-order valence-electron chi connectivity index (χ1n) is 8.40. The summed E-state index contributed by atoms with van der Waals surface area (Å²) in [7, 11) is 0. The summed E-state index contributed by atoms with van der Waals surface area (Å²) in [4.78, 5) is 18.7. The van der Waals surface area contributed by atoms with Crippen molar-refractivity contribution < 1.29 is 13.9 Å². The standard InChI is InChI=1S/C19H22FN3O2/c1-13-14(2)25-12-11-23(13)19(24)22-18(16-7-9-21-10-8-16)15-3-5-17(20)6-4-15/h3-10,13-14,18H,11-12H2,1-2H3,(H,22,24)/t13-,14+,18-/m1/s1. The van der Waals surface area contributed by atoms with Crippen LogP contribution in [0.4, 0.5) is 9.18 Å². The molecule has 1 aliphatic rings. The van der Waals surface area contributed by atoms with E-state index in [1.54, 1.807) is 29.4 Å². The van der Waals surface area contributed by atoms with E-state index in [9.17, 15) is 9.18 Å². The summed E-state index contributed by atoms with van der Waals surface area (Å²) >= 11 is 0. The van der Waals surface area contributed by atoms with E-state index in [2.05, 4.69) is 10.3 Å². The van der Waals surface area contributed by atoms with Crippen LogP contribution in [0, 0.1) is 5.82 Å². The second kappa shape index (κ2) is 7.61.